The van der Waals surface area contributed by atoms with Crippen molar-refractivity contribution in [2.45, 2.75) is 32.2 Å². The van der Waals surface area contributed by atoms with Crippen LogP contribution in [0.25, 0.3) is 11.0 Å². The number of carbonyl (C=O) groups is 2. The van der Waals surface area contributed by atoms with E-state index in [4.69, 9.17) is 14.3 Å². The number of hydrogen-bond donors (Lipinski definition) is 1. The largest absolute Gasteiger partial charge is 0.484 e. The lowest BCUT2D eigenvalue weighted by Crippen LogP contribution is -2.42. The van der Waals surface area contributed by atoms with Gasteiger partial charge in [0.05, 0.1) is 0 Å². The van der Waals surface area contributed by atoms with Gasteiger partial charge in [0.2, 0.25) is 0 Å². The molecule has 1 aromatic carbocycles. The van der Waals surface area contributed by atoms with Gasteiger partial charge in [-0.05, 0) is 37.0 Å². The van der Waals surface area contributed by atoms with E-state index in [0.29, 0.717) is 37.1 Å². The van der Waals surface area contributed by atoms with Crippen LogP contribution in [0.1, 0.15) is 25.3 Å². The van der Waals surface area contributed by atoms with Gasteiger partial charge in [-0.2, -0.15) is 0 Å². The van der Waals surface area contributed by atoms with Gasteiger partial charge in [-0.15, -0.1) is 0 Å². The van der Waals surface area contributed by atoms with Crippen molar-refractivity contribution in [1.82, 2.24) is 4.90 Å². The zero-order valence-corrected chi connectivity index (χ0v) is 13.9. The van der Waals surface area contributed by atoms with Gasteiger partial charge in [0, 0.05) is 24.1 Å². The zero-order valence-electron chi connectivity index (χ0n) is 13.9. The Labute approximate surface area is 143 Å². The lowest BCUT2D eigenvalue weighted by Gasteiger charge is -2.21. The molecule has 1 aliphatic heterocycles. The van der Waals surface area contributed by atoms with Gasteiger partial charge in [-0.3, -0.25) is 4.79 Å². The molecule has 0 radical (unpaired) electrons. The van der Waals surface area contributed by atoms with E-state index in [-0.39, 0.29) is 12.5 Å². The molecule has 132 valence electrons. The number of benzene rings is 1. The van der Waals surface area contributed by atoms with Gasteiger partial charge in [-0.1, -0.05) is 6.92 Å². The second-order valence-corrected chi connectivity index (χ2v) is 5.97. The summed E-state index contributed by atoms with van der Waals surface area (Å²) < 4.78 is 10.7. The fraction of sp³-hybridized carbons (Fsp3) is 0.389. The van der Waals surface area contributed by atoms with Crippen LogP contribution in [0, 0.1) is 0 Å². The molecule has 1 atom stereocenters. The van der Waals surface area contributed by atoms with Crippen molar-refractivity contribution in [2.24, 2.45) is 0 Å². The minimum atomic E-state index is -0.995. The molecule has 0 aliphatic carbocycles. The van der Waals surface area contributed by atoms with Crippen molar-refractivity contribution in [3.8, 4) is 5.75 Å². The molecule has 7 nitrogen and oxygen atoms in total. The Morgan fingerprint density at radius 2 is 2.16 bits per heavy atom. The second kappa shape index (κ2) is 6.96. The van der Waals surface area contributed by atoms with Crippen LogP contribution in [-0.4, -0.2) is 41.1 Å². The summed E-state index contributed by atoms with van der Waals surface area (Å²) in [6.45, 7) is 2.12. The van der Waals surface area contributed by atoms with Crippen LogP contribution in [0.2, 0.25) is 0 Å². The quantitative estimate of drug-likeness (QED) is 0.830. The summed E-state index contributed by atoms with van der Waals surface area (Å²) >= 11 is 0. The minimum Gasteiger partial charge on any atom is -0.484 e. The Morgan fingerprint density at radius 3 is 2.88 bits per heavy atom. The van der Waals surface area contributed by atoms with Crippen molar-refractivity contribution in [2.75, 3.05) is 13.2 Å². The molecule has 2 aromatic rings. The molecule has 0 saturated carbocycles. The zero-order chi connectivity index (χ0) is 18.0. The Bertz CT molecular complexity index is 871. The lowest BCUT2D eigenvalue weighted by molar-refractivity contribution is -0.148. The lowest BCUT2D eigenvalue weighted by atomic mass is 10.1. The number of aryl methyl sites for hydroxylation is 1. The van der Waals surface area contributed by atoms with E-state index >= 15 is 0 Å². The number of carboxylic acid groups (broad SMARTS) is 1. The van der Waals surface area contributed by atoms with Gasteiger partial charge in [-0.25, -0.2) is 9.59 Å². The molecular formula is C18H19NO6. The van der Waals surface area contributed by atoms with E-state index in [1.807, 2.05) is 6.92 Å². The van der Waals surface area contributed by atoms with E-state index in [2.05, 4.69) is 0 Å². The van der Waals surface area contributed by atoms with Gasteiger partial charge in [0.1, 0.15) is 17.4 Å². The van der Waals surface area contributed by atoms with Gasteiger partial charge in [0.25, 0.3) is 5.91 Å². The molecule has 25 heavy (non-hydrogen) atoms. The molecule has 1 aromatic heterocycles. The number of rotatable bonds is 5. The molecule has 1 amide bonds. The van der Waals surface area contributed by atoms with E-state index in [1.165, 1.54) is 11.0 Å². The van der Waals surface area contributed by atoms with Crippen molar-refractivity contribution in [1.29, 1.82) is 0 Å². The molecule has 1 N–H and O–H groups in total. The highest BCUT2D eigenvalue weighted by molar-refractivity contribution is 5.85. The van der Waals surface area contributed by atoms with E-state index < -0.39 is 17.6 Å². The number of amides is 1. The molecule has 0 spiro atoms. The first-order valence-electron chi connectivity index (χ1n) is 8.21. The normalized spacial score (nSPS) is 17.0. The molecule has 7 heteroatoms. The average Bonchev–Trinajstić information content (AvgIpc) is 3.08. The Kier molecular flexibility index (Phi) is 4.74. The van der Waals surface area contributed by atoms with Crippen molar-refractivity contribution >= 4 is 22.8 Å². The van der Waals surface area contributed by atoms with Crippen LogP contribution < -0.4 is 10.4 Å². The third kappa shape index (κ3) is 3.50. The highest BCUT2D eigenvalue weighted by Gasteiger charge is 2.33. The highest BCUT2D eigenvalue weighted by atomic mass is 16.5. The van der Waals surface area contributed by atoms with Crippen LogP contribution in [0.5, 0.6) is 5.75 Å². The number of aliphatic carboxylic acids is 1. The number of carboxylic acids is 1. The third-order valence-corrected chi connectivity index (χ3v) is 4.40. The molecule has 1 fully saturated rings. The molecule has 3 rings (SSSR count). The average molecular weight is 345 g/mol. The van der Waals surface area contributed by atoms with Crippen molar-refractivity contribution in [3.05, 3.63) is 40.2 Å². The summed E-state index contributed by atoms with van der Waals surface area (Å²) in [5.41, 5.74) is 0.855. The number of likely N-dealkylation sites (tertiary alicyclic amines) is 1. The number of hydrogen-bond acceptors (Lipinski definition) is 5. The maximum absolute atomic E-state index is 12.2. The predicted molar refractivity (Wildman–Crippen MR) is 89.7 cm³/mol. The fourth-order valence-electron chi connectivity index (χ4n) is 3.14. The molecule has 0 bridgehead atoms. The van der Waals surface area contributed by atoms with Gasteiger partial charge in [0.15, 0.2) is 6.61 Å². The first-order chi connectivity index (χ1) is 12.0. The Balaban J connectivity index is 1.74. The number of nitrogens with zero attached hydrogens (tertiary/aromatic N) is 1. The van der Waals surface area contributed by atoms with Crippen LogP contribution in [0.3, 0.4) is 0 Å². The fourth-order valence-corrected chi connectivity index (χ4v) is 3.14. The van der Waals surface area contributed by atoms with Gasteiger partial charge < -0.3 is 19.2 Å². The van der Waals surface area contributed by atoms with E-state index in [1.54, 1.807) is 18.2 Å². The maximum Gasteiger partial charge on any atom is 0.336 e. The monoisotopic (exact) mass is 345 g/mol. The van der Waals surface area contributed by atoms with E-state index in [9.17, 15) is 14.4 Å². The molecule has 1 aliphatic rings. The van der Waals surface area contributed by atoms with Crippen LogP contribution >= 0.6 is 0 Å². The molecule has 1 saturated heterocycles. The number of ether oxygens (including phenoxy) is 1. The van der Waals surface area contributed by atoms with Crippen molar-refractivity contribution < 1.29 is 23.8 Å². The smallest absolute Gasteiger partial charge is 0.336 e. The number of fused-ring (bicyclic) bond motifs is 1. The molecule has 0 unspecified atom stereocenters. The summed E-state index contributed by atoms with van der Waals surface area (Å²) in [6, 6.07) is 5.74. The van der Waals surface area contributed by atoms with Crippen LogP contribution in [0.4, 0.5) is 0 Å². The second-order valence-electron chi connectivity index (χ2n) is 5.97. The third-order valence-electron chi connectivity index (χ3n) is 4.40. The first kappa shape index (κ1) is 17.0. The standard InChI is InChI=1S/C18H19NO6/c1-2-11-8-17(21)25-15-9-12(5-6-13(11)15)24-10-16(20)19-7-3-4-14(19)18(22)23/h5-6,8-9,14H,2-4,7,10H2,1H3,(H,22,23)/t14-/m0/s1. The Hall–Kier alpha value is -2.83. The minimum absolute atomic E-state index is 0.257. The molecule has 2 heterocycles. The summed E-state index contributed by atoms with van der Waals surface area (Å²) in [7, 11) is 0. The SMILES string of the molecule is CCc1cc(=O)oc2cc(OCC(=O)N3CCC[C@H]3C(=O)O)ccc12. The van der Waals surface area contributed by atoms with Crippen molar-refractivity contribution in [3.63, 3.8) is 0 Å². The van der Waals surface area contributed by atoms with Crippen LogP contribution in [-0.2, 0) is 16.0 Å². The Morgan fingerprint density at radius 1 is 1.36 bits per heavy atom. The van der Waals surface area contributed by atoms with Gasteiger partial charge >= 0.3 is 11.6 Å². The van der Waals surface area contributed by atoms with E-state index in [0.717, 1.165) is 10.9 Å². The summed E-state index contributed by atoms with van der Waals surface area (Å²) in [6.07, 6.45) is 1.83. The summed E-state index contributed by atoms with van der Waals surface area (Å²) in [5.74, 6) is -0.970. The maximum atomic E-state index is 12.2. The predicted octanol–water partition coefficient (Wildman–Crippen LogP) is 1.81. The highest BCUT2D eigenvalue weighted by Crippen LogP contribution is 2.23. The topological polar surface area (TPSA) is 97.0 Å². The number of carbonyl (C=O) groups excluding carboxylic acids is 1. The summed E-state index contributed by atoms with van der Waals surface area (Å²) in [5, 5.41) is 9.96. The first-order valence-corrected chi connectivity index (χ1v) is 8.21. The van der Waals surface area contributed by atoms with Crippen LogP contribution in [0.15, 0.2) is 33.5 Å². The molecular weight excluding hydrogens is 326 g/mol. The summed E-state index contributed by atoms with van der Waals surface area (Å²) in [4.78, 5) is 36.3.